The Morgan fingerprint density at radius 1 is 1.27 bits per heavy atom. The van der Waals surface area contributed by atoms with Crippen molar-refractivity contribution in [3.63, 3.8) is 0 Å². The van der Waals surface area contributed by atoms with E-state index in [1.54, 1.807) is 5.57 Å². The molecular formula is C10H14O. The van der Waals surface area contributed by atoms with Crippen molar-refractivity contribution in [2.45, 2.75) is 44.1 Å². The SMILES string of the molecule is O[C@@]12C[C@@H]1CC1=C2CCCC1. The van der Waals surface area contributed by atoms with Crippen LogP contribution in [0.5, 0.6) is 0 Å². The summed E-state index contributed by atoms with van der Waals surface area (Å²) in [5.41, 5.74) is 2.80. The molecule has 3 rings (SSSR count). The fraction of sp³-hybridized carbons (Fsp3) is 0.800. The van der Waals surface area contributed by atoms with Crippen LogP contribution in [-0.2, 0) is 0 Å². The van der Waals surface area contributed by atoms with Gasteiger partial charge in [0.25, 0.3) is 0 Å². The van der Waals surface area contributed by atoms with Crippen molar-refractivity contribution < 1.29 is 5.11 Å². The summed E-state index contributed by atoms with van der Waals surface area (Å²) in [4.78, 5) is 0. The molecule has 60 valence electrons. The van der Waals surface area contributed by atoms with Gasteiger partial charge in [0.15, 0.2) is 0 Å². The molecule has 1 fully saturated rings. The molecule has 3 aliphatic carbocycles. The summed E-state index contributed by atoms with van der Waals surface area (Å²) in [6.45, 7) is 0. The van der Waals surface area contributed by atoms with Gasteiger partial charge >= 0.3 is 0 Å². The Morgan fingerprint density at radius 3 is 2.91 bits per heavy atom. The lowest BCUT2D eigenvalue weighted by Crippen LogP contribution is -2.13. The molecule has 0 aromatic carbocycles. The molecule has 1 nitrogen and oxygen atoms in total. The van der Waals surface area contributed by atoms with Crippen LogP contribution in [0.2, 0.25) is 0 Å². The molecule has 2 atom stereocenters. The van der Waals surface area contributed by atoms with Crippen LogP contribution in [0.1, 0.15) is 38.5 Å². The van der Waals surface area contributed by atoms with Gasteiger partial charge in [-0.25, -0.2) is 0 Å². The average molecular weight is 150 g/mol. The summed E-state index contributed by atoms with van der Waals surface area (Å²) < 4.78 is 0. The van der Waals surface area contributed by atoms with E-state index < -0.39 is 0 Å². The molecule has 0 spiro atoms. The first kappa shape index (κ1) is 6.24. The number of fused-ring (bicyclic) bond motifs is 2. The molecule has 0 amide bonds. The zero-order chi connectivity index (χ0) is 7.47. The second-order valence-electron chi connectivity index (χ2n) is 4.32. The molecule has 1 saturated carbocycles. The molecule has 3 aliphatic rings. The molecule has 1 heteroatoms. The largest absolute Gasteiger partial charge is 0.385 e. The number of hydrogen-bond donors (Lipinski definition) is 1. The number of rotatable bonds is 0. The first-order valence-corrected chi connectivity index (χ1v) is 4.74. The monoisotopic (exact) mass is 150 g/mol. The molecule has 0 unspecified atom stereocenters. The summed E-state index contributed by atoms with van der Waals surface area (Å²) in [7, 11) is 0. The van der Waals surface area contributed by atoms with Gasteiger partial charge in [-0.2, -0.15) is 0 Å². The van der Waals surface area contributed by atoms with Gasteiger partial charge in [-0.05, 0) is 50.0 Å². The van der Waals surface area contributed by atoms with Crippen LogP contribution in [0.4, 0.5) is 0 Å². The quantitative estimate of drug-likeness (QED) is 0.524. The van der Waals surface area contributed by atoms with Crippen LogP contribution < -0.4 is 0 Å². The van der Waals surface area contributed by atoms with Crippen LogP contribution >= 0.6 is 0 Å². The molecule has 0 bridgehead atoms. The maximum Gasteiger partial charge on any atom is 0.0895 e. The molecule has 11 heavy (non-hydrogen) atoms. The molecule has 0 radical (unpaired) electrons. The molecule has 0 saturated heterocycles. The Morgan fingerprint density at radius 2 is 2.09 bits per heavy atom. The fourth-order valence-corrected chi connectivity index (χ4v) is 2.94. The Hall–Kier alpha value is -0.300. The number of aliphatic hydroxyl groups is 1. The predicted molar refractivity (Wildman–Crippen MR) is 43.2 cm³/mol. The highest BCUT2D eigenvalue weighted by molar-refractivity contribution is 5.41. The zero-order valence-electron chi connectivity index (χ0n) is 6.77. The topological polar surface area (TPSA) is 20.2 Å². The Labute approximate surface area is 67.1 Å². The smallest absolute Gasteiger partial charge is 0.0895 e. The van der Waals surface area contributed by atoms with Gasteiger partial charge in [-0.1, -0.05) is 5.57 Å². The van der Waals surface area contributed by atoms with Crippen LogP contribution in [0, 0.1) is 5.92 Å². The van der Waals surface area contributed by atoms with E-state index in [0.29, 0.717) is 5.92 Å². The van der Waals surface area contributed by atoms with E-state index in [-0.39, 0.29) is 5.60 Å². The van der Waals surface area contributed by atoms with Gasteiger partial charge < -0.3 is 5.11 Å². The van der Waals surface area contributed by atoms with E-state index in [4.69, 9.17) is 0 Å². The minimum Gasteiger partial charge on any atom is -0.385 e. The maximum atomic E-state index is 10.0. The summed E-state index contributed by atoms with van der Waals surface area (Å²) >= 11 is 0. The molecular weight excluding hydrogens is 136 g/mol. The van der Waals surface area contributed by atoms with Crippen molar-refractivity contribution in [1.82, 2.24) is 0 Å². The summed E-state index contributed by atoms with van der Waals surface area (Å²) in [6, 6.07) is 0. The van der Waals surface area contributed by atoms with Crippen LogP contribution in [0.3, 0.4) is 0 Å². The molecule has 0 aromatic heterocycles. The van der Waals surface area contributed by atoms with E-state index in [2.05, 4.69) is 0 Å². The van der Waals surface area contributed by atoms with E-state index in [9.17, 15) is 5.11 Å². The van der Waals surface area contributed by atoms with Crippen molar-refractivity contribution in [3.05, 3.63) is 11.1 Å². The normalized spacial score (nSPS) is 47.2. The highest BCUT2D eigenvalue weighted by atomic mass is 16.3. The number of allylic oxidation sites excluding steroid dienone is 1. The molecule has 0 aliphatic heterocycles. The van der Waals surface area contributed by atoms with E-state index in [1.165, 1.54) is 37.7 Å². The standard InChI is InChI=1S/C10H14O/c11-10-6-8(10)5-7-3-1-2-4-9(7)10/h8,11H,1-6H2/t8-,10-/m0/s1. The van der Waals surface area contributed by atoms with E-state index in [1.807, 2.05) is 0 Å². The second-order valence-corrected chi connectivity index (χ2v) is 4.32. The minimum absolute atomic E-state index is 0.268. The lowest BCUT2D eigenvalue weighted by Gasteiger charge is -2.19. The lowest BCUT2D eigenvalue weighted by atomic mass is 9.90. The van der Waals surface area contributed by atoms with Gasteiger partial charge in [-0.15, -0.1) is 0 Å². The van der Waals surface area contributed by atoms with Crippen LogP contribution in [0.25, 0.3) is 0 Å². The summed E-state index contributed by atoms with van der Waals surface area (Å²) in [5.74, 6) is 0.644. The third-order valence-electron chi connectivity index (χ3n) is 3.67. The van der Waals surface area contributed by atoms with E-state index >= 15 is 0 Å². The Kier molecular flexibility index (Phi) is 0.972. The Bertz CT molecular complexity index is 241. The average Bonchev–Trinajstić information content (AvgIpc) is 2.57. The van der Waals surface area contributed by atoms with Gasteiger partial charge in [0.05, 0.1) is 5.60 Å². The lowest BCUT2D eigenvalue weighted by molar-refractivity contribution is 0.172. The highest BCUT2D eigenvalue weighted by Crippen LogP contribution is 2.61. The summed E-state index contributed by atoms with van der Waals surface area (Å²) in [5, 5.41) is 10.0. The van der Waals surface area contributed by atoms with Crippen molar-refractivity contribution in [2.24, 2.45) is 5.92 Å². The van der Waals surface area contributed by atoms with Gasteiger partial charge in [0, 0.05) is 0 Å². The van der Waals surface area contributed by atoms with Gasteiger partial charge in [-0.3, -0.25) is 0 Å². The predicted octanol–water partition coefficient (Wildman–Crippen LogP) is 2.01. The molecule has 0 aromatic rings. The fourth-order valence-electron chi connectivity index (χ4n) is 2.94. The molecule has 0 heterocycles. The molecule has 1 N–H and O–H groups in total. The van der Waals surface area contributed by atoms with Gasteiger partial charge in [0.1, 0.15) is 0 Å². The van der Waals surface area contributed by atoms with Crippen LogP contribution in [-0.4, -0.2) is 10.7 Å². The maximum absolute atomic E-state index is 10.0. The van der Waals surface area contributed by atoms with E-state index in [0.717, 1.165) is 6.42 Å². The highest BCUT2D eigenvalue weighted by Gasteiger charge is 2.60. The number of hydrogen-bond acceptors (Lipinski definition) is 1. The van der Waals surface area contributed by atoms with Crippen molar-refractivity contribution in [1.29, 1.82) is 0 Å². The van der Waals surface area contributed by atoms with Crippen molar-refractivity contribution >= 4 is 0 Å². The Balaban J connectivity index is 2.01. The first-order valence-electron chi connectivity index (χ1n) is 4.74. The third-order valence-corrected chi connectivity index (χ3v) is 3.67. The zero-order valence-corrected chi connectivity index (χ0v) is 6.77. The minimum atomic E-state index is -0.268. The van der Waals surface area contributed by atoms with Crippen LogP contribution in [0.15, 0.2) is 11.1 Å². The first-order chi connectivity index (χ1) is 5.31. The van der Waals surface area contributed by atoms with Gasteiger partial charge in [0.2, 0.25) is 0 Å². The van der Waals surface area contributed by atoms with Crippen molar-refractivity contribution in [2.75, 3.05) is 0 Å². The third kappa shape index (κ3) is 0.652. The second kappa shape index (κ2) is 1.71. The van der Waals surface area contributed by atoms with Crippen molar-refractivity contribution in [3.8, 4) is 0 Å². The summed E-state index contributed by atoms with van der Waals surface area (Å²) in [6.07, 6.45) is 7.46.